The molecular formula is C24H26F6N6O7S. The van der Waals surface area contributed by atoms with E-state index in [2.05, 4.69) is 15.3 Å². The van der Waals surface area contributed by atoms with Crippen molar-refractivity contribution < 1.29 is 59.4 Å². The Morgan fingerprint density at radius 2 is 1.43 bits per heavy atom. The number of carbonyl (C=O) groups is 3. The zero-order valence-corrected chi connectivity index (χ0v) is 23.5. The maximum Gasteiger partial charge on any atom is 0.490 e. The summed E-state index contributed by atoms with van der Waals surface area (Å²) in [7, 11) is -2.11. The van der Waals surface area contributed by atoms with Gasteiger partial charge in [-0.3, -0.25) is 4.79 Å². The van der Waals surface area contributed by atoms with Crippen LogP contribution in [0, 0.1) is 0 Å². The molecule has 1 saturated heterocycles. The molecular weight excluding hydrogens is 630 g/mol. The first kappa shape index (κ1) is 35.7. The van der Waals surface area contributed by atoms with Gasteiger partial charge in [-0.25, -0.2) is 32.8 Å². The van der Waals surface area contributed by atoms with Gasteiger partial charge in [-0.2, -0.15) is 31.4 Å². The molecule has 1 aliphatic heterocycles. The molecule has 1 aromatic carbocycles. The van der Waals surface area contributed by atoms with Crippen LogP contribution in [0.1, 0.15) is 36.2 Å². The molecule has 13 nitrogen and oxygen atoms in total. The third-order valence-electron chi connectivity index (χ3n) is 5.72. The standard InChI is InChI=1S/C20H24N6O3S.2C2HF3O2/c1-25-19-16(9-10-17(23-19)26-11-4-2-3-5-12-26)18(24-25)20(27)22-14-7-6-8-15(13-14)30(21,28)29;2*3-2(4,5)1(6)7/h6-10,13H,2-5,11-12H2,1H3,(H,22,27)(H2,21,28,29);2*(H,6,7). The lowest BCUT2D eigenvalue weighted by atomic mass is 10.2. The number of carboxylic acids is 2. The van der Waals surface area contributed by atoms with Crippen LogP contribution in [-0.4, -0.2) is 76.7 Å². The monoisotopic (exact) mass is 656 g/mol. The minimum absolute atomic E-state index is 0.0741. The quantitative estimate of drug-likeness (QED) is 0.302. The maximum atomic E-state index is 12.8. The van der Waals surface area contributed by atoms with Gasteiger partial charge in [-0.15, -0.1) is 0 Å². The third kappa shape index (κ3) is 10.4. The second-order valence-corrected chi connectivity index (χ2v) is 10.6. The van der Waals surface area contributed by atoms with E-state index in [9.17, 15) is 39.6 Å². The molecule has 242 valence electrons. The Kier molecular flexibility index (Phi) is 11.6. The number of primary sulfonamides is 1. The molecule has 2 aromatic heterocycles. The smallest absolute Gasteiger partial charge is 0.475 e. The summed E-state index contributed by atoms with van der Waals surface area (Å²) in [4.78, 5) is 37.6. The van der Waals surface area contributed by atoms with Crippen LogP contribution in [0.5, 0.6) is 0 Å². The van der Waals surface area contributed by atoms with Crippen LogP contribution in [0.25, 0.3) is 11.0 Å². The second kappa shape index (κ2) is 14.3. The number of carboxylic acid groups (broad SMARTS) is 2. The number of amides is 1. The number of anilines is 2. The number of carbonyl (C=O) groups excluding carboxylic acids is 1. The molecule has 20 heteroatoms. The van der Waals surface area contributed by atoms with Gasteiger partial charge in [-0.05, 0) is 43.2 Å². The maximum absolute atomic E-state index is 12.8. The molecule has 1 fully saturated rings. The minimum atomic E-state index is -5.08. The molecule has 0 unspecified atom stereocenters. The summed E-state index contributed by atoms with van der Waals surface area (Å²) < 4.78 is 88.1. The SMILES string of the molecule is Cn1nc(C(=O)Nc2cccc(S(N)(=O)=O)c2)c2ccc(N3CCCCCC3)nc21.O=C(O)C(F)(F)F.O=C(O)C(F)(F)F. The number of alkyl halides is 6. The summed E-state index contributed by atoms with van der Waals surface area (Å²) >= 11 is 0. The Hall–Kier alpha value is -4.46. The first-order valence-corrected chi connectivity index (χ1v) is 13.9. The van der Waals surface area contributed by atoms with E-state index in [4.69, 9.17) is 29.9 Å². The highest BCUT2D eigenvalue weighted by atomic mass is 32.2. The van der Waals surface area contributed by atoms with Crippen LogP contribution in [0.3, 0.4) is 0 Å². The summed E-state index contributed by atoms with van der Waals surface area (Å²) in [5.74, 6) is -5.07. The zero-order chi connectivity index (χ0) is 33.5. The number of nitrogens with two attached hydrogens (primary N) is 1. The van der Waals surface area contributed by atoms with Crippen LogP contribution in [0.2, 0.25) is 0 Å². The molecule has 1 amide bonds. The number of aryl methyl sites for hydroxylation is 1. The Labute approximate surface area is 245 Å². The lowest BCUT2D eigenvalue weighted by Gasteiger charge is -2.21. The highest BCUT2D eigenvalue weighted by Gasteiger charge is 2.38. The van der Waals surface area contributed by atoms with Gasteiger partial charge in [0.2, 0.25) is 10.0 Å². The number of fused-ring (bicyclic) bond motifs is 1. The van der Waals surface area contributed by atoms with Gasteiger partial charge in [0.05, 0.1) is 10.3 Å². The number of benzene rings is 1. The van der Waals surface area contributed by atoms with E-state index in [1.165, 1.54) is 31.0 Å². The van der Waals surface area contributed by atoms with Crippen molar-refractivity contribution in [3.05, 3.63) is 42.1 Å². The number of halogens is 6. The molecule has 0 atom stereocenters. The Morgan fingerprint density at radius 1 is 0.909 bits per heavy atom. The van der Waals surface area contributed by atoms with E-state index < -0.39 is 40.2 Å². The lowest BCUT2D eigenvalue weighted by Crippen LogP contribution is -2.24. The number of nitrogens with zero attached hydrogens (tertiary/aromatic N) is 4. The average Bonchev–Trinajstić information content (AvgIpc) is 3.06. The first-order chi connectivity index (χ1) is 20.2. The van der Waals surface area contributed by atoms with Gasteiger partial charge in [0.1, 0.15) is 5.82 Å². The van der Waals surface area contributed by atoms with Crippen molar-refractivity contribution >= 4 is 50.4 Å². The molecule has 5 N–H and O–H groups in total. The molecule has 0 saturated carbocycles. The van der Waals surface area contributed by atoms with Crippen LogP contribution in [0.4, 0.5) is 37.8 Å². The van der Waals surface area contributed by atoms with Crippen molar-refractivity contribution in [1.29, 1.82) is 0 Å². The van der Waals surface area contributed by atoms with Crippen molar-refractivity contribution in [3.8, 4) is 0 Å². The number of sulfonamides is 1. The number of hydrogen-bond donors (Lipinski definition) is 4. The zero-order valence-electron chi connectivity index (χ0n) is 22.7. The first-order valence-electron chi connectivity index (χ1n) is 12.3. The number of aromatic nitrogens is 3. The fourth-order valence-electron chi connectivity index (χ4n) is 3.71. The predicted octanol–water partition coefficient (Wildman–Crippen LogP) is 3.52. The normalized spacial score (nSPS) is 14.0. The topological polar surface area (TPSA) is 198 Å². The highest BCUT2D eigenvalue weighted by Crippen LogP contribution is 2.24. The van der Waals surface area contributed by atoms with E-state index in [0.717, 1.165) is 31.7 Å². The van der Waals surface area contributed by atoms with Crippen LogP contribution >= 0.6 is 0 Å². The van der Waals surface area contributed by atoms with E-state index in [-0.39, 0.29) is 10.6 Å². The summed E-state index contributed by atoms with van der Waals surface area (Å²) in [5, 5.41) is 27.1. The Morgan fingerprint density at radius 3 is 1.91 bits per heavy atom. The van der Waals surface area contributed by atoms with Gasteiger partial charge in [0.25, 0.3) is 5.91 Å². The van der Waals surface area contributed by atoms with Crippen molar-refractivity contribution in [2.45, 2.75) is 42.9 Å². The predicted molar refractivity (Wildman–Crippen MR) is 142 cm³/mol. The van der Waals surface area contributed by atoms with Crippen molar-refractivity contribution in [1.82, 2.24) is 14.8 Å². The van der Waals surface area contributed by atoms with Gasteiger partial charge in [0, 0.05) is 25.8 Å². The third-order valence-corrected chi connectivity index (χ3v) is 6.63. The second-order valence-electron chi connectivity index (χ2n) is 9.05. The van der Waals surface area contributed by atoms with Crippen molar-refractivity contribution in [2.24, 2.45) is 12.2 Å². The fraction of sp³-hybridized carbons (Fsp3) is 0.375. The molecule has 3 aromatic rings. The summed E-state index contributed by atoms with van der Waals surface area (Å²) in [5.41, 5.74) is 1.17. The number of rotatable bonds is 4. The summed E-state index contributed by atoms with van der Waals surface area (Å²) in [6.07, 6.45) is -5.39. The van der Waals surface area contributed by atoms with E-state index in [1.807, 2.05) is 12.1 Å². The summed E-state index contributed by atoms with van der Waals surface area (Å²) in [6, 6.07) is 9.58. The number of nitrogens with one attached hydrogen (secondary N) is 1. The molecule has 3 heterocycles. The van der Waals surface area contributed by atoms with Crippen molar-refractivity contribution in [2.75, 3.05) is 23.3 Å². The molecule has 0 bridgehead atoms. The van der Waals surface area contributed by atoms with Crippen LogP contribution in [-0.2, 0) is 26.7 Å². The van der Waals surface area contributed by atoms with Gasteiger partial charge >= 0.3 is 24.3 Å². The van der Waals surface area contributed by atoms with Gasteiger partial charge in [0.15, 0.2) is 11.3 Å². The highest BCUT2D eigenvalue weighted by molar-refractivity contribution is 7.89. The van der Waals surface area contributed by atoms with Gasteiger partial charge < -0.3 is 20.4 Å². The number of pyridine rings is 1. The lowest BCUT2D eigenvalue weighted by molar-refractivity contribution is -0.193. The van der Waals surface area contributed by atoms with Crippen molar-refractivity contribution in [3.63, 3.8) is 0 Å². The molecule has 0 aliphatic carbocycles. The van der Waals surface area contributed by atoms with Crippen LogP contribution in [0.15, 0.2) is 41.3 Å². The molecule has 0 radical (unpaired) electrons. The molecule has 1 aliphatic rings. The van der Waals surface area contributed by atoms with Gasteiger partial charge in [-0.1, -0.05) is 18.9 Å². The average molecular weight is 657 g/mol. The minimum Gasteiger partial charge on any atom is -0.475 e. The van der Waals surface area contributed by atoms with E-state index in [0.29, 0.717) is 16.7 Å². The largest absolute Gasteiger partial charge is 0.490 e. The molecule has 4 rings (SSSR count). The number of aliphatic carboxylic acids is 2. The van der Waals surface area contributed by atoms with Crippen LogP contribution < -0.4 is 15.4 Å². The number of hydrogen-bond acceptors (Lipinski definition) is 8. The Bertz CT molecular complexity index is 1580. The molecule has 0 spiro atoms. The molecule has 44 heavy (non-hydrogen) atoms. The van der Waals surface area contributed by atoms with E-state index in [1.54, 1.807) is 17.8 Å². The van der Waals surface area contributed by atoms with E-state index >= 15 is 0 Å². The fourth-order valence-corrected chi connectivity index (χ4v) is 4.27. The Balaban J connectivity index is 0.000000402. The summed E-state index contributed by atoms with van der Waals surface area (Å²) in [6.45, 7) is 1.95.